The van der Waals surface area contributed by atoms with E-state index < -0.39 is 19.6 Å². The molecule has 0 fully saturated rings. The van der Waals surface area contributed by atoms with Crippen molar-refractivity contribution in [3.63, 3.8) is 0 Å². The van der Waals surface area contributed by atoms with Gasteiger partial charge in [-0.05, 0) is 18.1 Å². The van der Waals surface area contributed by atoms with Crippen LogP contribution in [0.25, 0.3) is 0 Å². The summed E-state index contributed by atoms with van der Waals surface area (Å²) < 4.78 is 14.6. The second-order valence-electron chi connectivity index (χ2n) is 3.15. The Morgan fingerprint density at radius 1 is 1.29 bits per heavy atom. The minimum atomic E-state index is -4.85. The minimum Gasteiger partial charge on any atom is -0.475 e. The SMILES string of the molecule is O=C(O)C(=CCc1ccccc1)OP(=O)(O)O. The number of phosphoric ester groups is 1. The van der Waals surface area contributed by atoms with Gasteiger partial charge in [-0.3, -0.25) is 9.79 Å². The maximum Gasteiger partial charge on any atom is 0.525 e. The number of carboxylic acid groups (broad SMARTS) is 1. The molecule has 7 heteroatoms. The molecule has 0 aliphatic heterocycles. The average molecular weight is 258 g/mol. The molecule has 92 valence electrons. The van der Waals surface area contributed by atoms with Crippen molar-refractivity contribution >= 4 is 13.8 Å². The fraction of sp³-hybridized carbons (Fsp3) is 0.100. The Labute approximate surface area is 97.4 Å². The Balaban J connectivity index is 2.78. The summed E-state index contributed by atoms with van der Waals surface area (Å²) in [6, 6.07) is 8.86. The Bertz CT molecular complexity index is 461. The average Bonchev–Trinajstić information content (AvgIpc) is 2.24. The molecule has 6 nitrogen and oxygen atoms in total. The third-order valence-electron chi connectivity index (χ3n) is 1.79. The summed E-state index contributed by atoms with van der Waals surface area (Å²) in [5.74, 6) is -2.29. The van der Waals surface area contributed by atoms with Crippen molar-refractivity contribution in [3.8, 4) is 0 Å². The van der Waals surface area contributed by atoms with E-state index in [4.69, 9.17) is 14.9 Å². The normalized spacial score (nSPS) is 12.2. The first-order valence-electron chi connectivity index (χ1n) is 4.61. The lowest BCUT2D eigenvalue weighted by Gasteiger charge is -2.06. The molecule has 0 aliphatic carbocycles. The number of aliphatic carboxylic acids is 1. The van der Waals surface area contributed by atoms with Gasteiger partial charge in [-0.15, -0.1) is 0 Å². The molecule has 3 N–H and O–H groups in total. The molecular weight excluding hydrogens is 247 g/mol. The van der Waals surface area contributed by atoms with Crippen molar-refractivity contribution < 1.29 is 28.8 Å². The smallest absolute Gasteiger partial charge is 0.475 e. The van der Waals surface area contributed by atoms with Crippen LogP contribution < -0.4 is 0 Å². The Morgan fingerprint density at radius 2 is 1.88 bits per heavy atom. The fourth-order valence-corrected chi connectivity index (χ4v) is 1.53. The predicted octanol–water partition coefficient (Wildman–Crippen LogP) is 1.31. The summed E-state index contributed by atoms with van der Waals surface area (Å²) in [6.45, 7) is 0. The maximum atomic E-state index is 10.7. The van der Waals surface area contributed by atoms with E-state index >= 15 is 0 Å². The molecular formula is C10H11O6P. The first-order valence-corrected chi connectivity index (χ1v) is 6.14. The zero-order chi connectivity index (χ0) is 12.9. The van der Waals surface area contributed by atoms with Crippen LogP contribution in [-0.4, -0.2) is 20.9 Å². The van der Waals surface area contributed by atoms with E-state index in [1.807, 2.05) is 0 Å². The van der Waals surface area contributed by atoms with Gasteiger partial charge >= 0.3 is 13.8 Å². The molecule has 0 heterocycles. The molecule has 0 bridgehead atoms. The van der Waals surface area contributed by atoms with Crippen LogP contribution in [0.5, 0.6) is 0 Å². The van der Waals surface area contributed by atoms with Crippen molar-refractivity contribution in [1.82, 2.24) is 0 Å². The zero-order valence-corrected chi connectivity index (χ0v) is 9.58. The summed E-state index contributed by atoms with van der Waals surface area (Å²) in [5, 5.41) is 8.68. The lowest BCUT2D eigenvalue weighted by Crippen LogP contribution is -2.04. The first-order chi connectivity index (χ1) is 7.88. The highest BCUT2D eigenvalue weighted by molar-refractivity contribution is 7.46. The largest absolute Gasteiger partial charge is 0.525 e. The summed E-state index contributed by atoms with van der Waals surface area (Å²) >= 11 is 0. The van der Waals surface area contributed by atoms with Gasteiger partial charge in [0.2, 0.25) is 5.76 Å². The molecule has 0 saturated heterocycles. The Kier molecular flexibility index (Phi) is 4.45. The second kappa shape index (κ2) is 5.63. The van der Waals surface area contributed by atoms with Gasteiger partial charge in [0, 0.05) is 0 Å². The number of rotatable bonds is 5. The molecule has 1 rings (SSSR count). The Morgan fingerprint density at radius 3 is 2.35 bits per heavy atom. The van der Waals surface area contributed by atoms with E-state index in [9.17, 15) is 9.36 Å². The molecule has 0 radical (unpaired) electrons. The quantitative estimate of drug-likeness (QED) is 0.418. The number of carboxylic acids is 1. The second-order valence-corrected chi connectivity index (χ2v) is 4.31. The van der Waals surface area contributed by atoms with E-state index in [1.165, 1.54) is 0 Å². The molecule has 0 amide bonds. The zero-order valence-electron chi connectivity index (χ0n) is 8.68. The fourth-order valence-electron chi connectivity index (χ4n) is 1.12. The molecule has 1 aromatic carbocycles. The van der Waals surface area contributed by atoms with Crippen molar-refractivity contribution in [1.29, 1.82) is 0 Å². The Hall–Kier alpha value is -1.62. The van der Waals surface area contributed by atoms with Gasteiger partial charge in [0.25, 0.3) is 0 Å². The maximum absolute atomic E-state index is 10.7. The van der Waals surface area contributed by atoms with E-state index in [0.717, 1.165) is 11.6 Å². The third-order valence-corrected chi connectivity index (χ3v) is 2.23. The van der Waals surface area contributed by atoms with Gasteiger partial charge < -0.3 is 9.63 Å². The van der Waals surface area contributed by atoms with Crippen LogP contribution in [0.1, 0.15) is 5.56 Å². The third kappa shape index (κ3) is 5.31. The van der Waals surface area contributed by atoms with Gasteiger partial charge in [-0.25, -0.2) is 9.36 Å². The van der Waals surface area contributed by atoms with Gasteiger partial charge in [0.05, 0.1) is 0 Å². The number of carbonyl (C=O) groups is 1. The molecule has 0 spiro atoms. The van der Waals surface area contributed by atoms with E-state index in [1.54, 1.807) is 30.3 Å². The van der Waals surface area contributed by atoms with Crippen LogP contribution in [0.2, 0.25) is 0 Å². The summed E-state index contributed by atoms with van der Waals surface area (Å²) in [5.41, 5.74) is 0.806. The minimum absolute atomic E-state index is 0.211. The van der Waals surface area contributed by atoms with E-state index in [0.29, 0.717) is 0 Å². The van der Waals surface area contributed by atoms with Gasteiger partial charge in [-0.2, -0.15) is 0 Å². The first kappa shape index (κ1) is 13.4. The topological polar surface area (TPSA) is 104 Å². The highest BCUT2D eigenvalue weighted by Gasteiger charge is 2.21. The van der Waals surface area contributed by atoms with Crippen LogP contribution in [0, 0.1) is 0 Å². The van der Waals surface area contributed by atoms with Crippen LogP contribution in [-0.2, 0) is 20.3 Å². The number of hydrogen-bond acceptors (Lipinski definition) is 3. The summed E-state index contributed by atoms with van der Waals surface area (Å²) in [6.07, 6.45) is 1.32. The van der Waals surface area contributed by atoms with Crippen LogP contribution in [0.3, 0.4) is 0 Å². The highest BCUT2D eigenvalue weighted by Crippen LogP contribution is 2.38. The molecule has 0 saturated carbocycles. The van der Waals surface area contributed by atoms with Crippen molar-refractivity contribution in [3.05, 3.63) is 47.7 Å². The molecule has 0 atom stereocenters. The molecule has 17 heavy (non-hydrogen) atoms. The van der Waals surface area contributed by atoms with Gasteiger partial charge in [-0.1, -0.05) is 30.3 Å². The monoisotopic (exact) mass is 258 g/mol. The summed E-state index contributed by atoms with van der Waals surface area (Å²) in [7, 11) is -4.85. The lowest BCUT2D eigenvalue weighted by molar-refractivity contribution is -0.135. The van der Waals surface area contributed by atoms with Crippen molar-refractivity contribution in [2.45, 2.75) is 6.42 Å². The molecule has 1 aromatic rings. The number of phosphoric acid groups is 1. The van der Waals surface area contributed by atoms with E-state index in [2.05, 4.69) is 4.52 Å². The molecule has 0 aromatic heterocycles. The van der Waals surface area contributed by atoms with Crippen LogP contribution >= 0.6 is 7.82 Å². The molecule has 0 unspecified atom stereocenters. The summed E-state index contributed by atoms with van der Waals surface area (Å²) in [4.78, 5) is 27.7. The van der Waals surface area contributed by atoms with Crippen molar-refractivity contribution in [2.75, 3.05) is 0 Å². The highest BCUT2D eigenvalue weighted by atomic mass is 31.2. The van der Waals surface area contributed by atoms with Crippen molar-refractivity contribution in [2.24, 2.45) is 0 Å². The predicted molar refractivity (Wildman–Crippen MR) is 59.0 cm³/mol. The van der Waals surface area contributed by atoms with Crippen LogP contribution in [0.4, 0.5) is 0 Å². The standard InChI is InChI=1S/C10H11O6P/c11-10(12)9(16-17(13,14)15)7-6-8-4-2-1-3-5-8/h1-5,7H,6H2,(H,11,12)(H2,13,14,15). The van der Waals surface area contributed by atoms with Crippen LogP contribution in [0.15, 0.2) is 42.2 Å². The number of hydrogen-bond donors (Lipinski definition) is 3. The lowest BCUT2D eigenvalue weighted by atomic mass is 10.1. The van der Waals surface area contributed by atoms with E-state index in [-0.39, 0.29) is 6.42 Å². The number of allylic oxidation sites excluding steroid dienone is 1. The number of benzene rings is 1. The molecule has 0 aliphatic rings. The van der Waals surface area contributed by atoms with Gasteiger partial charge in [0.15, 0.2) is 0 Å². The van der Waals surface area contributed by atoms with Gasteiger partial charge in [0.1, 0.15) is 0 Å².